The van der Waals surface area contributed by atoms with Crippen molar-refractivity contribution < 1.29 is 12.4 Å². The fraction of sp³-hybridized carbons (Fsp3) is 0.368. The van der Waals surface area contributed by atoms with Gasteiger partial charge in [0.2, 0.25) is 0 Å². The van der Waals surface area contributed by atoms with Crippen LogP contribution >= 0.6 is 7.26 Å². The molecule has 0 unspecified atom stereocenters. The lowest BCUT2D eigenvalue weighted by molar-refractivity contribution is -0.00000796. The van der Waals surface area contributed by atoms with E-state index in [1.807, 2.05) is 0 Å². The Morgan fingerprint density at radius 1 is 0.450 bits per heavy atom. The molecule has 0 fully saturated rings. The molecule has 0 heterocycles. The third kappa shape index (κ3) is 7.66. The molecule has 40 heavy (non-hydrogen) atoms. The number of hydrogen-bond acceptors (Lipinski definition) is 0. The third-order valence-electron chi connectivity index (χ3n) is 8.46. The van der Waals surface area contributed by atoms with Gasteiger partial charge in [-0.15, -0.1) is 0 Å². The standard InChI is InChI=1S/C38H48P.ClH/c1-4-5-6-7-8-9-10-11-12-16-23-34-30-31-38(33(3)32(34)2)39(35-24-17-13-18-25-35,36-26-19-14-20-27-36)37-28-21-15-22-29-37;/h13-15,17-22,24-31H,4-12,16,23H2,1-3H3;1H/q+1;/p-1. The summed E-state index contributed by atoms with van der Waals surface area (Å²) in [6.07, 6.45) is 15.1. The van der Waals surface area contributed by atoms with Crippen molar-refractivity contribution in [1.29, 1.82) is 0 Å². The van der Waals surface area contributed by atoms with Crippen LogP contribution in [0.2, 0.25) is 0 Å². The summed E-state index contributed by atoms with van der Waals surface area (Å²) in [5, 5.41) is 5.77. The highest BCUT2D eigenvalue weighted by Crippen LogP contribution is 2.55. The minimum Gasteiger partial charge on any atom is -1.00 e. The van der Waals surface area contributed by atoms with Crippen LogP contribution in [0.1, 0.15) is 87.8 Å². The lowest BCUT2D eigenvalue weighted by Crippen LogP contribution is -3.00. The predicted octanol–water partition coefficient (Wildman–Crippen LogP) is 6.39. The first kappa shape index (κ1) is 32.1. The molecule has 0 aliphatic rings. The Morgan fingerprint density at radius 2 is 0.850 bits per heavy atom. The van der Waals surface area contributed by atoms with Gasteiger partial charge in [0.1, 0.15) is 28.5 Å². The van der Waals surface area contributed by atoms with Gasteiger partial charge in [-0.25, -0.2) is 0 Å². The molecular weight excluding hydrogens is 523 g/mol. The van der Waals surface area contributed by atoms with Crippen LogP contribution in [0.15, 0.2) is 103 Å². The number of rotatable bonds is 15. The molecule has 4 rings (SSSR count). The van der Waals surface area contributed by atoms with E-state index in [2.05, 4.69) is 124 Å². The van der Waals surface area contributed by atoms with Gasteiger partial charge in [0.15, 0.2) is 0 Å². The monoisotopic (exact) mass is 570 g/mol. The first-order chi connectivity index (χ1) is 19.2. The first-order valence-corrected chi connectivity index (χ1v) is 17.1. The molecule has 0 aromatic heterocycles. The maximum absolute atomic E-state index is 2.48. The van der Waals surface area contributed by atoms with Gasteiger partial charge in [0, 0.05) is 0 Å². The summed E-state index contributed by atoms with van der Waals surface area (Å²) in [6, 6.07) is 38.7. The van der Waals surface area contributed by atoms with E-state index in [1.165, 1.54) is 109 Å². The van der Waals surface area contributed by atoms with Crippen molar-refractivity contribution in [2.75, 3.05) is 0 Å². The van der Waals surface area contributed by atoms with Gasteiger partial charge < -0.3 is 12.4 Å². The number of unbranched alkanes of at least 4 members (excludes halogenated alkanes) is 9. The van der Waals surface area contributed by atoms with Crippen molar-refractivity contribution >= 4 is 28.5 Å². The quantitative estimate of drug-likeness (QED) is 0.115. The molecule has 0 N–H and O–H groups in total. The Hall–Kier alpha value is -2.40. The van der Waals surface area contributed by atoms with Crippen LogP contribution in [0, 0.1) is 13.8 Å². The molecule has 4 aromatic carbocycles. The number of aryl methyl sites for hydroxylation is 1. The van der Waals surface area contributed by atoms with Gasteiger partial charge in [0.25, 0.3) is 0 Å². The van der Waals surface area contributed by atoms with Gasteiger partial charge in [-0.1, -0.05) is 125 Å². The lowest BCUT2D eigenvalue weighted by atomic mass is 9.98. The minimum absolute atomic E-state index is 0. The van der Waals surface area contributed by atoms with Crippen LogP contribution < -0.4 is 33.6 Å². The third-order valence-corrected chi connectivity index (χ3v) is 12.9. The Labute approximate surface area is 251 Å². The summed E-state index contributed by atoms with van der Waals surface area (Å²) in [5.74, 6) is 0. The maximum atomic E-state index is 2.48. The van der Waals surface area contributed by atoms with Crippen molar-refractivity contribution in [3.63, 3.8) is 0 Å². The van der Waals surface area contributed by atoms with Gasteiger partial charge in [-0.2, -0.15) is 0 Å². The maximum Gasteiger partial charge on any atom is 0.144 e. The van der Waals surface area contributed by atoms with Gasteiger partial charge in [-0.05, 0) is 85.8 Å². The first-order valence-electron chi connectivity index (χ1n) is 15.3. The molecule has 0 saturated carbocycles. The normalized spacial score (nSPS) is 11.3. The summed E-state index contributed by atoms with van der Waals surface area (Å²) in [5.41, 5.74) is 4.48. The molecule has 4 aromatic rings. The highest BCUT2D eigenvalue weighted by Gasteiger charge is 2.48. The van der Waals surface area contributed by atoms with Crippen molar-refractivity contribution in [2.45, 2.75) is 91.4 Å². The molecule has 212 valence electrons. The lowest BCUT2D eigenvalue weighted by Gasteiger charge is -2.29. The zero-order valence-corrected chi connectivity index (χ0v) is 26.6. The Balaban J connectivity index is 0.00000441. The van der Waals surface area contributed by atoms with Gasteiger partial charge in [0.05, 0.1) is 0 Å². The summed E-state index contributed by atoms with van der Waals surface area (Å²) in [4.78, 5) is 0. The van der Waals surface area contributed by atoms with E-state index >= 15 is 0 Å². The van der Waals surface area contributed by atoms with Gasteiger partial charge in [-0.3, -0.25) is 0 Å². The second-order valence-corrected chi connectivity index (χ2v) is 14.5. The Bertz CT molecular complexity index is 1150. The van der Waals surface area contributed by atoms with Crippen LogP contribution in [0.25, 0.3) is 0 Å². The molecule has 0 aliphatic carbocycles. The average Bonchev–Trinajstić information content (AvgIpc) is 2.99. The van der Waals surface area contributed by atoms with Crippen LogP contribution in [0.4, 0.5) is 0 Å². The van der Waals surface area contributed by atoms with Crippen LogP contribution in [-0.4, -0.2) is 0 Å². The van der Waals surface area contributed by atoms with E-state index in [4.69, 9.17) is 0 Å². The van der Waals surface area contributed by atoms with E-state index in [-0.39, 0.29) is 12.4 Å². The smallest absolute Gasteiger partial charge is 0.144 e. The summed E-state index contributed by atoms with van der Waals surface area (Å²) in [6.45, 7) is 7.03. The zero-order chi connectivity index (χ0) is 27.3. The fourth-order valence-corrected chi connectivity index (χ4v) is 10.7. The van der Waals surface area contributed by atoms with Crippen molar-refractivity contribution in [1.82, 2.24) is 0 Å². The highest BCUT2D eigenvalue weighted by molar-refractivity contribution is 8.01. The molecule has 0 spiro atoms. The van der Waals surface area contributed by atoms with E-state index < -0.39 is 7.26 Å². The number of hydrogen-bond donors (Lipinski definition) is 0. The number of benzene rings is 4. The molecule has 0 radical (unpaired) electrons. The second kappa shape index (κ2) is 16.8. The van der Waals surface area contributed by atoms with Crippen LogP contribution in [-0.2, 0) is 6.42 Å². The fourth-order valence-electron chi connectivity index (χ4n) is 6.12. The van der Waals surface area contributed by atoms with Crippen molar-refractivity contribution in [3.8, 4) is 0 Å². The summed E-state index contributed by atoms with van der Waals surface area (Å²) >= 11 is 0. The average molecular weight is 571 g/mol. The van der Waals surface area contributed by atoms with Crippen molar-refractivity contribution in [3.05, 3.63) is 120 Å². The van der Waals surface area contributed by atoms with E-state index in [0.717, 1.165) is 0 Å². The summed E-state index contributed by atoms with van der Waals surface area (Å²) in [7, 11) is -2.04. The predicted molar refractivity (Wildman–Crippen MR) is 176 cm³/mol. The SMILES string of the molecule is CCCCCCCCCCCCc1ccc([P+](c2ccccc2)(c2ccccc2)c2ccccc2)c(C)c1C.[Cl-]. The molecule has 0 nitrogen and oxygen atoms in total. The van der Waals surface area contributed by atoms with E-state index in [1.54, 1.807) is 0 Å². The second-order valence-electron chi connectivity index (χ2n) is 11.1. The molecule has 2 heteroatoms. The van der Waals surface area contributed by atoms with Gasteiger partial charge >= 0.3 is 0 Å². The Morgan fingerprint density at radius 3 is 1.27 bits per heavy atom. The molecule has 0 atom stereocenters. The van der Waals surface area contributed by atoms with E-state index in [9.17, 15) is 0 Å². The molecule has 0 amide bonds. The molecule has 0 saturated heterocycles. The van der Waals surface area contributed by atoms with E-state index in [0.29, 0.717) is 0 Å². The molecular formula is C38H48ClP. The summed E-state index contributed by atoms with van der Waals surface area (Å²) < 4.78 is 0. The largest absolute Gasteiger partial charge is 1.00 e. The topological polar surface area (TPSA) is 0 Å². The zero-order valence-electron chi connectivity index (χ0n) is 24.9. The number of halogens is 1. The molecule has 0 aliphatic heterocycles. The highest BCUT2D eigenvalue weighted by atomic mass is 35.5. The van der Waals surface area contributed by atoms with Crippen molar-refractivity contribution in [2.24, 2.45) is 0 Å². The van der Waals surface area contributed by atoms with Crippen LogP contribution in [0.3, 0.4) is 0 Å². The Kier molecular flexibility index (Phi) is 13.5. The minimum atomic E-state index is -2.04. The van der Waals surface area contributed by atoms with Crippen LogP contribution in [0.5, 0.6) is 0 Å². The molecule has 0 bridgehead atoms.